The highest BCUT2D eigenvalue weighted by Crippen LogP contribution is 2.21. The molecule has 5 nitrogen and oxygen atoms in total. The molecule has 2 heterocycles. The lowest BCUT2D eigenvalue weighted by Crippen LogP contribution is -2.49. The van der Waals surface area contributed by atoms with Gasteiger partial charge in [0, 0.05) is 24.9 Å². The van der Waals surface area contributed by atoms with E-state index in [0.29, 0.717) is 11.8 Å². The summed E-state index contributed by atoms with van der Waals surface area (Å²) in [5.74, 6) is 3.67. The van der Waals surface area contributed by atoms with E-state index in [2.05, 4.69) is 9.80 Å². The smallest absolute Gasteiger partial charge is 0.260 e. The van der Waals surface area contributed by atoms with Crippen LogP contribution in [0.15, 0.2) is 24.3 Å². The van der Waals surface area contributed by atoms with Crippen LogP contribution >= 0.6 is 11.8 Å². The summed E-state index contributed by atoms with van der Waals surface area (Å²) in [5.41, 5.74) is 0. The Labute approximate surface area is 154 Å². The fraction of sp³-hybridized carbons (Fsp3) is 0.632. The average molecular weight is 365 g/mol. The summed E-state index contributed by atoms with van der Waals surface area (Å²) in [6.45, 7) is 4.27. The lowest BCUT2D eigenvalue weighted by atomic mass is 10.2. The Hall–Kier alpha value is -1.40. The Morgan fingerprint density at radius 2 is 2.00 bits per heavy atom. The van der Waals surface area contributed by atoms with Crippen LogP contribution in [0.1, 0.15) is 19.3 Å². The third-order valence-corrected chi connectivity index (χ3v) is 6.03. The zero-order valence-corrected chi connectivity index (χ0v) is 15.8. The first-order chi connectivity index (χ1) is 12.3. The number of thioether (sulfide) groups is 1. The van der Waals surface area contributed by atoms with Gasteiger partial charge < -0.3 is 19.3 Å². The monoisotopic (exact) mass is 364 g/mol. The van der Waals surface area contributed by atoms with E-state index in [1.807, 2.05) is 36.0 Å². The van der Waals surface area contributed by atoms with Gasteiger partial charge in [0.2, 0.25) is 0 Å². The lowest BCUT2D eigenvalue weighted by molar-refractivity contribution is -0.135. The molecule has 2 aliphatic heterocycles. The molecule has 0 radical (unpaired) electrons. The summed E-state index contributed by atoms with van der Waals surface area (Å²) in [4.78, 5) is 17.4. The van der Waals surface area contributed by atoms with Gasteiger partial charge >= 0.3 is 0 Å². The molecule has 1 aromatic carbocycles. The van der Waals surface area contributed by atoms with Gasteiger partial charge in [-0.1, -0.05) is 6.07 Å². The van der Waals surface area contributed by atoms with Gasteiger partial charge in [0.05, 0.1) is 13.2 Å². The van der Waals surface area contributed by atoms with Crippen LogP contribution in [0.3, 0.4) is 0 Å². The van der Waals surface area contributed by atoms with E-state index < -0.39 is 0 Å². The molecular formula is C19H28N2O3S. The normalized spacial score (nSPS) is 21.8. The molecule has 0 aromatic heterocycles. The molecule has 2 saturated heterocycles. The molecule has 1 atom stereocenters. The maximum atomic E-state index is 12.8. The van der Waals surface area contributed by atoms with Crippen LogP contribution in [0.25, 0.3) is 0 Å². The highest BCUT2D eigenvalue weighted by molar-refractivity contribution is 7.99. The van der Waals surface area contributed by atoms with E-state index in [0.717, 1.165) is 36.8 Å². The zero-order chi connectivity index (χ0) is 17.5. The number of hydrogen-bond donors (Lipinski definition) is 0. The van der Waals surface area contributed by atoms with Gasteiger partial charge in [-0.15, -0.1) is 0 Å². The SMILES string of the molecule is COc1cccc(OCC(=O)N2CCCSCC2CN2CCCC2)c1. The van der Waals surface area contributed by atoms with E-state index in [4.69, 9.17) is 9.47 Å². The second kappa shape index (κ2) is 9.34. The molecule has 2 fully saturated rings. The van der Waals surface area contributed by atoms with Gasteiger partial charge in [-0.3, -0.25) is 4.79 Å². The molecule has 0 saturated carbocycles. The number of benzene rings is 1. The van der Waals surface area contributed by atoms with Crippen molar-refractivity contribution in [1.82, 2.24) is 9.80 Å². The Morgan fingerprint density at radius 1 is 1.20 bits per heavy atom. The average Bonchev–Trinajstić information content (AvgIpc) is 3.04. The van der Waals surface area contributed by atoms with Crippen molar-refractivity contribution in [2.24, 2.45) is 0 Å². The molecule has 138 valence electrons. The molecule has 2 aliphatic rings. The van der Waals surface area contributed by atoms with Gasteiger partial charge in [-0.25, -0.2) is 0 Å². The molecule has 0 aliphatic carbocycles. The van der Waals surface area contributed by atoms with Crippen molar-refractivity contribution in [3.63, 3.8) is 0 Å². The van der Waals surface area contributed by atoms with Crippen LogP contribution in [0.2, 0.25) is 0 Å². The number of amides is 1. The Balaban J connectivity index is 1.58. The summed E-state index contributed by atoms with van der Waals surface area (Å²) < 4.78 is 10.9. The van der Waals surface area contributed by atoms with Crippen LogP contribution in [-0.2, 0) is 4.79 Å². The Kier molecular flexibility index (Phi) is 6.87. The number of likely N-dealkylation sites (tertiary alicyclic amines) is 1. The number of carbonyl (C=O) groups is 1. The molecule has 0 N–H and O–H groups in total. The minimum Gasteiger partial charge on any atom is -0.497 e. The molecule has 25 heavy (non-hydrogen) atoms. The van der Waals surface area contributed by atoms with Crippen LogP contribution in [-0.4, -0.2) is 73.2 Å². The number of nitrogens with zero attached hydrogens (tertiary/aromatic N) is 2. The number of carbonyl (C=O) groups excluding carboxylic acids is 1. The van der Waals surface area contributed by atoms with E-state index in [9.17, 15) is 4.79 Å². The quantitative estimate of drug-likeness (QED) is 0.776. The molecule has 0 spiro atoms. The largest absolute Gasteiger partial charge is 0.497 e. The van der Waals surface area contributed by atoms with Crippen molar-refractivity contribution in [3.05, 3.63) is 24.3 Å². The van der Waals surface area contributed by atoms with Gasteiger partial charge in [-0.2, -0.15) is 11.8 Å². The van der Waals surface area contributed by atoms with Crippen molar-refractivity contribution in [2.75, 3.05) is 51.4 Å². The maximum Gasteiger partial charge on any atom is 0.260 e. The van der Waals surface area contributed by atoms with Crippen molar-refractivity contribution >= 4 is 17.7 Å². The summed E-state index contributed by atoms with van der Waals surface area (Å²) in [7, 11) is 1.63. The van der Waals surface area contributed by atoms with Crippen LogP contribution in [0.5, 0.6) is 11.5 Å². The number of methoxy groups -OCH3 is 1. The fourth-order valence-corrected chi connectivity index (χ4v) is 4.55. The fourth-order valence-electron chi connectivity index (χ4n) is 3.49. The molecule has 3 rings (SSSR count). The second-order valence-corrected chi connectivity index (χ2v) is 7.79. The second-order valence-electron chi connectivity index (χ2n) is 6.64. The van der Waals surface area contributed by atoms with E-state index in [1.165, 1.54) is 25.9 Å². The van der Waals surface area contributed by atoms with Crippen LogP contribution in [0, 0.1) is 0 Å². The predicted octanol–water partition coefficient (Wildman–Crippen LogP) is 2.50. The van der Waals surface area contributed by atoms with Gasteiger partial charge in [0.25, 0.3) is 5.91 Å². The summed E-state index contributed by atoms with van der Waals surface area (Å²) in [6.07, 6.45) is 3.63. The van der Waals surface area contributed by atoms with Crippen molar-refractivity contribution in [2.45, 2.75) is 25.3 Å². The number of rotatable bonds is 6. The Bertz CT molecular complexity index is 563. The standard InChI is InChI=1S/C19H28N2O3S/c1-23-17-6-4-7-18(12-17)24-14-19(22)21-10-5-11-25-15-16(21)13-20-8-2-3-9-20/h4,6-7,12,16H,2-3,5,8-11,13-15H2,1H3. The highest BCUT2D eigenvalue weighted by atomic mass is 32.2. The van der Waals surface area contributed by atoms with E-state index in [-0.39, 0.29) is 12.5 Å². The van der Waals surface area contributed by atoms with Crippen LogP contribution in [0.4, 0.5) is 0 Å². The van der Waals surface area contributed by atoms with E-state index in [1.54, 1.807) is 7.11 Å². The minimum atomic E-state index is 0.0916. The van der Waals surface area contributed by atoms with Crippen molar-refractivity contribution in [3.8, 4) is 11.5 Å². The highest BCUT2D eigenvalue weighted by Gasteiger charge is 2.28. The van der Waals surface area contributed by atoms with Gasteiger partial charge in [-0.05, 0) is 50.2 Å². The maximum absolute atomic E-state index is 12.8. The first-order valence-corrected chi connectivity index (χ1v) is 10.3. The first-order valence-electron chi connectivity index (χ1n) is 9.12. The van der Waals surface area contributed by atoms with Crippen LogP contribution < -0.4 is 9.47 Å². The number of ether oxygens (including phenoxy) is 2. The number of hydrogen-bond acceptors (Lipinski definition) is 5. The van der Waals surface area contributed by atoms with Gasteiger partial charge in [0.1, 0.15) is 11.5 Å². The minimum absolute atomic E-state index is 0.0916. The van der Waals surface area contributed by atoms with E-state index >= 15 is 0 Å². The van der Waals surface area contributed by atoms with Crippen molar-refractivity contribution < 1.29 is 14.3 Å². The molecular weight excluding hydrogens is 336 g/mol. The lowest BCUT2D eigenvalue weighted by Gasteiger charge is -2.32. The Morgan fingerprint density at radius 3 is 2.80 bits per heavy atom. The molecule has 1 unspecified atom stereocenters. The summed E-state index contributed by atoms with van der Waals surface area (Å²) in [6, 6.07) is 7.71. The molecule has 1 aromatic rings. The third-order valence-electron chi connectivity index (χ3n) is 4.83. The first kappa shape index (κ1) is 18.4. The van der Waals surface area contributed by atoms with Crippen molar-refractivity contribution in [1.29, 1.82) is 0 Å². The molecule has 1 amide bonds. The topological polar surface area (TPSA) is 42.0 Å². The summed E-state index contributed by atoms with van der Waals surface area (Å²) in [5, 5.41) is 0. The third kappa shape index (κ3) is 5.28. The summed E-state index contributed by atoms with van der Waals surface area (Å²) >= 11 is 1.97. The molecule has 0 bridgehead atoms. The predicted molar refractivity (Wildman–Crippen MR) is 102 cm³/mol. The van der Waals surface area contributed by atoms with Gasteiger partial charge in [0.15, 0.2) is 6.61 Å². The molecule has 6 heteroatoms. The zero-order valence-electron chi connectivity index (χ0n) is 15.0.